The van der Waals surface area contributed by atoms with Crippen LogP contribution < -0.4 is 0 Å². The molecule has 1 fully saturated rings. The van der Waals surface area contributed by atoms with Crippen LogP contribution in [0, 0.1) is 0 Å². The number of hydrogen-bond acceptors (Lipinski definition) is 1. The molecule has 0 aromatic carbocycles. The van der Waals surface area contributed by atoms with E-state index in [1.807, 2.05) is 0 Å². The van der Waals surface area contributed by atoms with Crippen LogP contribution in [-0.2, 0) is 0 Å². The van der Waals surface area contributed by atoms with Crippen LogP contribution in [0.1, 0.15) is 46.0 Å². The molecule has 0 amide bonds. The molecule has 88 valence electrons. The molecule has 0 aromatic heterocycles. The van der Waals surface area contributed by atoms with E-state index in [4.69, 9.17) is 0 Å². The predicted molar refractivity (Wildman–Crippen MR) is 71.0 cm³/mol. The van der Waals surface area contributed by atoms with E-state index in [1.54, 1.807) is 27.8 Å². The molecule has 0 bridgehead atoms. The molecule has 1 rings (SSSR count). The van der Waals surface area contributed by atoms with Gasteiger partial charge in [-0.05, 0) is 0 Å². The minimum absolute atomic E-state index is 0.738. The summed E-state index contributed by atoms with van der Waals surface area (Å²) in [5.41, 5.74) is 0. The molecular weight excluding hydrogens is 240 g/mol. The van der Waals surface area contributed by atoms with Gasteiger partial charge in [0.25, 0.3) is 0 Å². The normalized spacial score (nSPS) is 17.4. The van der Waals surface area contributed by atoms with Crippen molar-refractivity contribution in [1.82, 2.24) is 4.90 Å². The summed E-state index contributed by atoms with van der Waals surface area (Å²) in [6.45, 7) is 8.73. The first-order valence-electron chi connectivity index (χ1n) is 7.09. The molecule has 1 nitrogen and oxygen atoms in total. The molecule has 1 heterocycles. The summed E-state index contributed by atoms with van der Waals surface area (Å²) in [6.07, 6.45) is 7.35. The van der Waals surface area contributed by atoms with Gasteiger partial charge in [-0.1, -0.05) is 0 Å². The Balaban J connectivity index is 2.13. The number of nitrogens with zero attached hydrogens (tertiary/aromatic N) is 1. The second-order valence-electron chi connectivity index (χ2n) is 5.13. The molecule has 2 heteroatoms. The molecule has 1 aliphatic rings. The van der Waals surface area contributed by atoms with Gasteiger partial charge in [0.15, 0.2) is 0 Å². The van der Waals surface area contributed by atoms with Gasteiger partial charge in [0, 0.05) is 0 Å². The zero-order chi connectivity index (χ0) is 10.9. The summed E-state index contributed by atoms with van der Waals surface area (Å²) in [4.78, 5) is 7.74. The number of rotatable bonds is 7. The fourth-order valence-corrected chi connectivity index (χ4v) is 9.79. The zero-order valence-corrected chi connectivity index (χ0v) is 13.2. The first kappa shape index (κ1) is 13.7. The molecule has 0 atom stereocenters. The maximum absolute atomic E-state index is 2.71. The van der Waals surface area contributed by atoms with E-state index < -0.39 is 16.2 Å². The Morgan fingerprint density at radius 1 is 0.867 bits per heavy atom. The molecule has 0 saturated carbocycles. The SMILES string of the molecule is CCCN(CCC)C[CH2][Ga]1[CH2]CCC[CH2]1. The van der Waals surface area contributed by atoms with Gasteiger partial charge in [0.05, 0.1) is 0 Å². The Bertz CT molecular complexity index is 137. The third-order valence-corrected chi connectivity index (χ3v) is 11.1. The Morgan fingerprint density at radius 2 is 1.47 bits per heavy atom. The van der Waals surface area contributed by atoms with Crippen LogP contribution in [0.3, 0.4) is 0 Å². The van der Waals surface area contributed by atoms with Crippen molar-refractivity contribution in [1.29, 1.82) is 0 Å². The summed E-state index contributed by atoms with van der Waals surface area (Å²) in [5.74, 6) is 0. The van der Waals surface area contributed by atoms with Crippen molar-refractivity contribution in [3.8, 4) is 0 Å². The van der Waals surface area contributed by atoms with Gasteiger partial charge in [0.1, 0.15) is 0 Å². The fraction of sp³-hybridized carbons (Fsp3) is 1.00. The van der Waals surface area contributed by atoms with Crippen LogP contribution in [0.4, 0.5) is 0 Å². The summed E-state index contributed by atoms with van der Waals surface area (Å²) in [6, 6.07) is 0. The quantitative estimate of drug-likeness (QED) is 0.635. The molecule has 0 aromatic rings. The summed E-state index contributed by atoms with van der Waals surface area (Å²) < 4.78 is 0. The van der Waals surface area contributed by atoms with Crippen LogP contribution in [0.2, 0.25) is 14.9 Å². The molecule has 0 radical (unpaired) electrons. The van der Waals surface area contributed by atoms with Crippen molar-refractivity contribution in [2.75, 3.05) is 19.6 Å². The van der Waals surface area contributed by atoms with Crippen molar-refractivity contribution in [2.24, 2.45) is 0 Å². The third-order valence-electron chi connectivity index (χ3n) is 3.66. The fourth-order valence-electron chi connectivity index (χ4n) is 2.81. The molecule has 1 saturated heterocycles. The van der Waals surface area contributed by atoms with E-state index in [2.05, 4.69) is 18.7 Å². The predicted octanol–water partition coefficient (Wildman–Crippen LogP) is 3.79. The van der Waals surface area contributed by atoms with Crippen molar-refractivity contribution in [2.45, 2.75) is 60.9 Å². The maximum atomic E-state index is 2.71. The van der Waals surface area contributed by atoms with Gasteiger partial charge in [-0.25, -0.2) is 0 Å². The van der Waals surface area contributed by atoms with Crippen molar-refractivity contribution in [3.05, 3.63) is 0 Å². The van der Waals surface area contributed by atoms with E-state index in [0.717, 1.165) is 0 Å². The molecular formula is C13H28GaN. The van der Waals surface area contributed by atoms with Crippen LogP contribution in [-0.4, -0.2) is 40.8 Å². The average molecular weight is 268 g/mol. The van der Waals surface area contributed by atoms with Gasteiger partial charge in [-0.2, -0.15) is 0 Å². The van der Waals surface area contributed by atoms with E-state index in [1.165, 1.54) is 38.9 Å². The van der Waals surface area contributed by atoms with E-state index in [9.17, 15) is 0 Å². The average Bonchev–Trinajstić information content (AvgIpc) is 2.28. The van der Waals surface area contributed by atoms with Crippen molar-refractivity contribution in [3.63, 3.8) is 0 Å². The van der Waals surface area contributed by atoms with Gasteiger partial charge >= 0.3 is 102 Å². The Hall–Kier alpha value is 0.596. The van der Waals surface area contributed by atoms with E-state index >= 15 is 0 Å². The standard InChI is InChI=1S/C8H18N.C5H10.Ga/c1-4-7-9(6-3)8-5-2;1-3-5-4-2;/h3-8H2,1-2H3;1-5H2;. The molecule has 0 spiro atoms. The van der Waals surface area contributed by atoms with Gasteiger partial charge < -0.3 is 0 Å². The summed E-state index contributed by atoms with van der Waals surface area (Å²) >= 11 is -0.738. The monoisotopic (exact) mass is 267 g/mol. The number of hydrogen-bond donors (Lipinski definition) is 0. The first-order chi connectivity index (χ1) is 7.36. The van der Waals surface area contributed by atoms with Crippen LogP contribution in [0.25, 0.3) is 0 Å². The van der Waals surface area contributed by atoms with Gasteiger partial charge in [-0.15, -0.1) is 0 Å². The second kappa shape index (κ2) is 8.71. The van der Waals surface area contributed by atoms with E-state index in [-0.39, 0.29) is 0 Å². The van der Waals surface area contributed by atoms with Crippen LogP contribution in [0.5, 0.6) is 0 Å². The zero-order valence-electron chi connectivity index (χ0n) is 10.8. The Labute approximate surface area is 102 Å². The van der Waals surface area contributed by atoms with Crippen LogP contribution >= 0.6 is 0 Å². The van der Waals surface area contributed by atoms with Crippen LogP contribution in [0.15, 0.2) is 0 Å². The molecule has 0 N–H and O–H groups in total. The molecule has 0 aliphatic carbocycles. The van der Waals surface area contributed by atoms with Gasteiger partial charge in [0.2, 0.25) is 0 Å². The van der Waals surface area contributed by atoms with Crippen molar-refractivity contribution >= 4 is 16.2 Å². The minimum atomic E-state index is -0.738. The second-order valence-corrected chi connectivity index (χ2v) is 12.4. The molecule has 0 unspecified atom stereocenters. The Morgan fingerprint density at radius 3 is 2.00 bits per heavy atom. The first-order valence-corrected chi connectivity index (χ1v) is 12.2. The summed E-state index contributed by atoms with van der Waals surface area (Å²) in [7, 11) is 0. The van der Waals surface area contributed by atoms with Crippen molar-refractivity contribution < 1.29 is 0 Å². The topological polar surface area (TPSA) is 3.24 Å². The van der Waals surface area contributed by atoms with E-state index in [0.29, 0.717) is 0 Å². The third kappa shape index (κ3) is 6.03. The molecule has 1 aliphatic heterocycles. The van der Waals surface area contributed by atoms with Gasteiger partial charge in [-0.3, -0.25) is 0 Å². The Kier molecular flexibility index (Phi) is 7.94. The molecule has 15 heavy (non-hydrogen) atoms. The summed E-state index contributed by atoms with van der Waals surface area (Å²) in [5, 5.41) is 0.